The molecule has 0 saturated carbocycles. The van der Waals surface area contributed by atoms with E-state index in [2.05, 4.69) is 6.58 Å². The van der Waals surface area contributed by atoms with Crippen molar-refractivity contribution in [2.75, 3.05) is 13.2 Å². The van der Waals surface area contributed by atoms with E-state index in [9.17, 15) is 30.0 Å². The van der Waals surface area contributed by atoms with E-state index in [1.807, 2.05) is 16.3 Å². The van der Waals surface area contributed by atoms with Crippen molar-refractivity contribution in [1.82, 2.24) is 0 Å². The average molecular weight is 450 g/mol. The molecule has 0 amide bonds. The number of halogens is 3. The first-order valence-electron chi connectivity index (χ1n) is 7.83. The van der Waals surface area contributed by atoms with Gasteiger partial charge in [0.05, 0.1) is 0 Å². The van der Waals surface area contributed by atoms with Crippen LogP contribution in [0.1, 0.15) is 5.56 Å². The number of hydrogen-bond acceptors (Lipinski definition) is 6. The molecule has 0 N–H and O–H groups in total. The summed E-state index contributed by atoms with van der Waals surface area (Å²) in [6.07, 6.45) is 1.68. The molecule has 0 unspecified atom stereocenters. The fourth-order valence-corrected chi connectivity index (χ4v) is 4.14. The minimum absolute atomic E-state index is 0.0993. The SMILES string of the molecule is C=Cc1ccc(OCCOc2ccc(S(=O)(=O)[N-]S(=O)(=O)C(F)(F)F)cc2)cc1. The topological polar surface area (TPSA) is 101 Å². The summed E-state index contributed by atoms with van der Waals surface area (Å²) in [6, 6.07) is 11.2. The second-order valence-corrected chi connectivity index (χ2v) is 8.84. The molecular formula is C17H15F3NO6S2-. The van der Waals surface area contributed by atoms with Crippen molar-refractivity contribution < 1.29 is 39.5 Å². The quantitative estimate of drug-likeness (QED) is 0.540. The zero-order valence-corrected chi connectivity index (χ0v) is 16.3. The minimum atomic E-state index is -6.18. The highest BCUT2D eigenvalue weighted by Crippen LogP contribution is 2.32. The zero-order chi connectivity index (χ0) is 21.7. The van der Waals surface area contributed by atoms with E-state index in [0.29, 0.717) is 5.75 Å². The maximum Gasteiger partial charge on any atom is 0.480 e. The highest BCUT2D eigenvalue weighted by atomic mass is 32.3. The summed E-state index contributed by atoms with van der Waals surface area (Å²) < 4.78 is 95.0. The Labute approximate surface area is 165 Å². The van der Waals surface area contributed by atoms with E-state index >= 15 is 0 Å². The molecule has 0 aliphatic rings. The lowest BCUT2D eigenvalue weighted by atomic mass is 10.2. The van der Waals surface area contributed by atoms with Crippen LogP contribution in [0.2, 0.25) is 0 Å². The number of hydrogen-bond donors (Lipinski definition) is 0. The molecule has 0 radical (unpaired) electrons. The van der Waals surface area contributed by atoms with E-state index in [-0.39, 0.29) is 19.0 Å². The van der Waals surface area contributed by atoms with Gasteiger partial charge in [0.1, 0.15) is 34.7 Å². The van der Waals surface area contributed by atoms with Crippen LogP contribution in [0.25, 0.3) is 10.2 Å². The Kier molecular flexibility index (Phi) is 6.93. The lowest BCUT2D eigenvalue weighted by molar-refractivity contribution is -0.0425. The maximum atomic E-state index is 12.3. The molecule has 7 nitrogen and oxygen atoms in total. The standard InChI is InChI=1S/C17H15F3NO6S2/c1-2-13-3-5-14(6-4-13)26-11-12-27-15-7-9-16(10-8-15)28(22,23)21-29(24,25)17(18,19)20/h2-10H,1,11-12H2/q-1. The summed E-state index contributed by atoms with van der Waals surface area (Å²) in [4.78, 5) is -0.726. The Bertz CT molecular complexity index is 1050. The number of benzene rings is 2. The molecule has 0 bridgehead atoms. The van der Waals surface area contributed by atoms with Gasteiger partial charge in [-0.1, -0.05) is 24.8 Å². The van der Waals surface area contributed by atoms with Crippen molar-refractivity contribution in [2.24, 2.45) is 0 Å². The lowest BCUT2D eigenvalue weighted by Gasteiger charge is -2.22. The van der Waals surface area contributed by atoms with E-state index in [1.54, 1.807) is 18.2 Å². The number of sulfonamides is 2. The van der Waals surface area contributed by atoms with Crippen LogP contribution in [-0.2, 0) is 20.0 Å². The maximum absolute atomic E-state index is 12.3. The van der Waals surface area contributed by atoms with Crippen LogP contribution in [0.4, 0.5) is 13.2 Å². The van der Waals surface area contributed by atoms with Crippen molar-refractivity contribution in [3.63, 3.8) is 0 Å². The van der Waals surface area contributed by atoms with E-state index in [0.717, 1.165) is 29.8 Å². The molecule has 2 aromatic carbocycles. The van der Waals surface area contributed by atoms with Gasteiger partial charge in [-0.3, -0.25) is 0 Å². The summed E-state index contributed by atoms with van der Waals surface area (Å²) >= 11 is 0. The van der Waals surface area contributed by atoms with Crippen LogP contribution in [0.3, 0.4) is 0 Å². The van der Waals surface area contributed by atoms with Crippen LogP contribution in [-0.4, -0.2) is 35.6 Å². The first-order chi connectivity index (χ1) is 13.4. The monoisotopic (exact) mass is 450 g/mol. The Balaban J connectivity index is 1.91. The second kappa shape index (κ2) is 8.84. The molecule has 0 aliphatic carbocycles. The third-order valence-electron chi connectivity index (χ3n) is 3.35. The van der Waals surface area contributed by atoms with Gasteiger partial charge in [0.15, 0.2) is 10.0 Å². The van der Waals surface area contributed by atoms with Gasteiger partial charge in [0.25, 0.3) is 0 Å². The highest BCUT2D eigenvalue weighted by Gasteiger charge is 2.40. The van der Waals surface area contributed by atoms with Crippen LogP contribution in [0.15, 0.2) is 60.0 Å². The Morgan fingerprint density at radius 2 is 1.31 bits per heavy atom. The summed E-state index contributed by atoms with van der Waals surface area (Å²) in [6.45, 7) is 3.91. The van der Waals surface area contributed by atoms with Gasteiger partial charge in [0.2, 0.25) is 0 Å². The first-order valence-corrected chi connectivity index (χ1v) is 10.7. The van der Waals surface area contributed by atoms with Crippen LogP contribution >= 0.6 is 0 Å². The molecule has 0 aromatic heterocycles. The van der Waals surface area contributed by atoms with Gasteiger partial charge in [-0.2, -0.15) is 13.2 Å². The van der Waals surface area contributed by atoms with E-state index < -0.39 is 30.5 Å². The molecule has 0 atom stereocenters. The Morgan fingerprint density at radius 1 is 0.862 bits per heavy atom. The molecule has 2 rings (SSSR count). The molecular weight excluding hydrogens is 435 g/mol. The molecule has 158 valence electrons. The molecule has 0 heterocycles. The number of rotatable bonds is 9. The third kappa shape index (κ3) is 6.21. The molecule has 0 spiro atoms. The average Bonchev–Trinajstić information content (AvgIpc) is 2.64. The highest BCUT2D eigenvalue weighted by molar-refractivity contribution is 8.12. The van der Waals surface area contributed by atoms with Crippen LogP contribution in [0.5, 0.6) is 11.5 Å². The first kappa shape index (κ1) is 22.7. The molecule has 29 heavy (non-hydrogen) atoms. The minimum Gasteiger partial charge on any atom is -0.490 e. The van der Waals surface area contributed by atoms with Gasteiger partial charge in [-0.25, -0.2) is 16.8 Å². The molecule has 0 aliphatic heterocycles. The molecule has 0 fully saturated rings. The van der Waals surface area contributed by atoms with Crippen molar-refractivity contribution in [2.45, 2.75) is 10.4 Å². The van der Waals surface area contributed by atoms with Gasteiger partial charge in [0, 0.05) is 4.90 Å². The second-order valence-electron chi connectivity index (χ2n) is 5.41. The third-order valence-corrected chi connectivity index (χ3v) is 6.37. The van der Waals surface area contributed by atoms with Crippen molar-refractivity contribution >= 4 is 26.1 Å². The lowest BCUT2D eigenvalue weighted by Crippen LogP contribution is -2.24. The van der Waals surface area contributed by atoms with Crippen molar-refractivity contribution in [1.29, 1.82) is 0 Å². The summed E-state index contributed by atoms with van der Waals surface area (Å²) in [7, 11) is -11.2. The largest absolute Gasteiger partial charge is 0.490 e. The molecule has 2 aromatic rings. The zero-order valence-electron chi connectivity index (χ0n) is 14.7. The van der Waals surface area contributed by atoms with Gasteiger partial charge in [-0.05, 0) is 42.0 Å². The predicted octanol–water partition coefficient (Wildman–Crippen LogP) is 3.70. The van der Waals surface area contributed by atoms with Gasteiger partial charge >= 0.3 is 5.51 Å². The van der Waals surface area contributed by atoms with Crippen LogP contribution in [0, 0.1) is 0 Å². The van der Waals surface area contributed by atoms with Crippen molar-refractivity contribution in [3.05, 3.63) is 64.8 Å². The van der Waals surface area contributed by atoms with Crippen molar-refractivity contribution in [3.8, 4) is 11.5 Å². The number of alkyl halides is 3. The molecule has 0 saturated heterocycles. The fourth-order valence-electron chi connectivity index (χ4n) is 1.94. The fraction of sp³-hybridized carbons (Fsp3) is 0.176. The van der Waals surface area contributed by atoms with Gasteiger partial charge < -0.3 is 13.6 Å². The summed E-state index contributed by atoms with van der Waals surface area (Å²) in [5, 5.41) is 0. The van der Waals surface area contributed by atoms with Gasteiger partial charge in [-0.15, -0.1) is 0 Å². The van der Waals surface area contributed by atoms with E-state index in [1.165, 1.54) is 0 Å². The summed E-state index contributed by atoms with van der Waals surface area (Å²) in [5.74, 6) is 0.807. The Morgan fingerprint density at radius 3 is 1.72 bits per heavy atom. The summed E-state index contributed by atoms with van der Waals surface area (Å²) in [5.41, 5.74) is -4.88. The smallest absolute Gasteiger partial charge is 0.480 e. The molecule has 12 heteroatoms. The van der Waals surface area contributed by atoms with Crippen LogP contribution < -0.4 is 9.47 Å². The number of nitrogens with zero attached hydrogens (tertiary/aromatic N) is 1. The Hall–Kier alpha value is -2.57. The van der Waals surface area contributed by atoms with E-state index in [4.69, 9.17) is 9.47 Å². The normalized spacial score (nSPS) is 12.4. The number of ether oxygens (including phenoxy) is 2. The predicted molar refractivity (Wildman–Crippen MR) is 99.5 cm³/mol.